The molecular weight excluding hydrogens is 472 g/mol. The minimum atomic E-state index is -1.16. The van der Waals surface area contributed by atoms with E-state index in [9.17, 15) is 19.8 Å². The van der Waals surface area contributed by atoms with E-state index in [0.29, 0.717) is 19.3 Å². The van der Waals surface area contributed by atoms with E-state index >= 15 is 0 Å². The zero-order valence-corrected chi connectivity index (χ0v) is 22.7. The third-order valence-corrected chi connectivity index (χ3v) is 13.5. The predicted molar refractivity (Wildman–Crippen MR) is 131 cm³/mol. The Morgan fingerprint density at radius 1 is 0.865 bits per heavy atom. The molecule has 0 aromatic rings. The van der Waals surface area contributed by atoms with Crippen LogP contribution >= 0.6 is 0 Å². The number of hydrogen-bond acceptors (Lipinski definition) is 7. The lowest BCUT2D eigenvalue weighted by Crippen LogP contribution is -2.62. The summed E-state index contributed by atoms with van der Waals surface area (Å²) < 4.78 is 19.4. The van der Waals surface area contributed by atoms with E-state index < -0.39 is 33.9 Å². The van der Waals surface area contributed by atoms with E-state index in [0.717, 1.165) is 24.0 Å². The number of esters is 2. The molecule has 37 heavy (non-hydrogen) atoms. The average Bonchev–Trinajstić information content (AvgIpc) is 3.49. The number of hydrogen-bond donors (Lipinski definition) is 2. The van der Waals surface area contributed by atoms with Crippen LogP contribution in [0.3, 0.4) is 0 Å². The summed E-state index contributed by atoms with van der Waals surface area (Å²) in [5, 5.41) is 25.3. The van der Waals surface area contributed by atoms with Gasteiger partial charge in [-0.05, 0) is 83.1 Å². The van der Waals surface area contributed by atoms with Crippen molar-refractivity contribution in [2.24, 2.45) is 52.8 Å². The second kappa shape index (κ2) is 6.31. The number of aliphatic hydroxyl groups is 2. The number of fused-ring (bicyclic) bond motifs is 7. The van der Waals surface area contributed by atoms with E-state index in [1.807, 2.05) is 20.8 Å². The summed E-state index contributed by atoms with van der Waals surface area (Å²) in [4.78, 5) is 25.8. The molecule has 8 aliphatic rings. The van der Waals surface area contributed by atoms with Crippen molar-refractivity contribution < 1.29 is 34.0 Å². The largest absolute Gasteiger partial charge is 0.461 e. The Hall–Kier alpha value is -1.44. The fourth-order valence-corrected chi connectivity index (χ4v) is 12.4. The van der Waals surface area contributed by atoms with Crippen LogP contribution in [0.4, 0.5) is 0 Å². The molecule has 0 amide bonds. The van der Waals surface area contributed by atoms with Gasteiger partial charge in [-0.1, -0.05) is 19.4 Å². The van der Waals surface area contributed by atoms with Gasteiger partial charge in [-0.2, -0.15) is 0 Å². The topological polar surface area (TPSA) is 102 Å². The third-order valence-electron chi connectivity index (χ3n) is 13.5. The molecule has 4 saturated carbocycles. The van der Waals surface area contributed by atoms with E-state index in [4.69, 9.17) is 14.2 Å². The van der Waals surface area contributed by atoms with Crippen LogP contribution in [-0.2, 0) is 23.8 Å². The quantitative estimate of drug-likeness (QED) is 0.380. The highest BCUT2D eigenvalue weighted by Gasteiger charge is 2.95. The maximum absolute atomic E-state index is 13.2. The normalized spacial score (nSPS) is 64.5. The van der Waals surface area contributed by atoms with Crippen molar-refractivity contribution in [1.82, 2.24) is 0 Å². The molecule has 7 fully saturated rings. The highest BCUT2D eigenvalue weighted by molar-refractivity contribution is 5.76. The monoisotopic (exact) mass is 512 g/mol. The molecule has 0 radical (unpaired) electrons. The molecule has 5 bridgehead atoms. The van der Waals surface area contributed by atoms with Crippen LogP contribution in [0.25, 0.3) is 0 Å². The molecule has 7 nitrogen and oxygen atoms in total. The first kappa shape index (κ1) is 23.4. The Morgan fingerprint density at radius 3 is 2.24 bits per heavy atom. The first-order valence-electron chi connectivity index (χ1n) is 14.5. The second-order valence-electron chi connectivity index (χ2n) is 14.7. The Morgan fingerprint density at radius 2 is 1.51 bits per heavy atom. The number of carbonyl (C=O) groups excluding carboxylic acids is 2. The Balaban J connectivity index is 1.40. The zero-order chi connectivity index (χ0) is 26.2. The van der Waals surface area contributed by atoms with Gasteiger partial charge in [0.25, 0.3) is 0 Å². The molecule has 15 atom stereocenters. The van der Waals surface area contributed by atoms with Crippen molar-refractivity contribution in [3.63, 3.8) is 0 Å². The van der Waals surface area contributed by atoms with Crippen LogP contribution in [0.5, 0.6) is 0 Å². The molecule has 3 heterocycles. The number of ether oxygens (including phenoxy) is 3. The zero-order valence-electron chi connectivity index (χ0n) is 22.7. The molecule has 15 unspecified atom stereocenters. The average molecular weight is 513 g/mol. The molecule has 3 saturated heterocycles. The highest BCUT2D eigenvalue weighted by Crippen LogP contribution is 2.86. The molecular formula is C30H40O7. The summed E-state index contributed by atoms with van der Waals surface area (Å²) in [7, 11) is 0. The maximum Gasteiger partial charge on any atom is 0.309 e. The fraction of sp³-hybridized carbons (Fsp3) is 0.867. The molecule has 8 rings (SSSR count). The van der Waals surface area contributed by atoms with Crippen molar-refractivity contribution in [3.8, 4) is 0 Å². The van der Waals surface area contributed by atoms with Gasteiger partial charge >= 0.3 is 11.9 Å². The van der Waals surface area contributed by atoms with Gasteiger partial charge in [-0.3, -0.25) is 9.59 Å². The molecule has 202 valence electrons. The summed E-state index contributed by atoms with van der Waals surface area (Å²) in [6.45, 7) is 12.2. The van der Waals surface area contributed by atoms with Crippen LogP contribution in [0, 0.1) is 52.8 Å². The third kappa shape index (κ3) is 2.09. The minimum absolute atomic E-state index is 0.00647. The summed E-state index contributed by atoms with van der Waals surface area (Å²) in [5.74, 6) is -1.06. The Kier molecular flexibility index (Phi) is 4.00. The smallest absolute Gasteiger partial charge is 0.309 e. The first-order valence-corrected chi connectivity index (χ1v) is 14.5. The number of rotatable bonds is 0. The van der Waals surface area contributed by atoms with E-state index in [2.05, 4.69) is 20.8 Å². The first-order chi connectivity index (χ1) is 17.3. The molecule has 0 aromatic heterocycles. The van der Waals surface area contributed by atoms with Crippen LogP contribution < -0.4 is 0 Å². The molecule has 0 aromatic carbocycles. The molecule has 7 heteroatoms. The van der Waals surface area contributed by atoms with Gasteiger partial charge in [-0.15, -0.1) is 0 Å². The minimum Gasteiger partial charge on any atom is -0.461 e. The van der Waals surface area contributed by atoms with Crippen molar-refractivity contribution in [2.45, 2.75) is 108 Å². The highest BCUT2D eigenvalue weighted by atomic mass is 16.6. The standard InChI is InChI=1S/C30H40O7/c1-12-15-7-9-26(4,33)21-18(22(15)35-24(12)31)14(3)20-19(21)17-11-28(6)29(20)23-16(13(2)25(32)36-23)8-10-27(5,37-28)30(17,29)34/h12-13,15-17,19-23,33-34H,7-11H2,1-6H3. The SMILES string of the molecule is CC1=C2C3OC(=O)C(C)C3CCC(C)(O)C2C2C3CC4(C)OC5(C)CCC6C(C)C(=O)OC6C4(C12)C35O. The molecule has 3 aliphatic heterocycles. The predicted octanol–water partition coefficient (Wildman–Crippen LogP) is 3.16. The number of carbonyl (C=O) groups is 2. The van der Waals surface area contributed by atoms with Gasteiger partial charge in [0.1, 0.15) is 17.8 Å². The Bertz CT molecular complexity index is 1190. The van der Waals surface area contributed by atoms with Crippen molar-refractivity contribution >= 4 is 11.9 Å². The van der Waals surface area contributed by atoms with Crippen LogP contribution in [0.15, 0.2) is 11.1 Å². The van der Waals surface area contributed by atoms with Gasteiger partial charge in [0.2, 0.25) is 0 Å². The van der Waals surface area contributed by atoms with Gasteiger partial charge in [0.05, 0.1) is 34.1 Å². The summed E-state index contributed by atoms with van der Waals surface area (Å²) in [5.41, 5.74) is -2.11. The molecule has 2 N–H and O–H groups in total. The van der Waals surface area contributed by atoms with E-state index in [-0.39, 0.29) is 65.4 Å². The van der Waals surface area contributed by atoms with Crippen LogP contribution in [-0.4, -0.2) is 56.8 Å². The maximum atomic E-state index is 13.2. The summed E-state index contributed by atoms with van der Waals surface area (Å²) in [6, 6.07) is 0. The number of allylic oxidation sites excluding steroid dienone is 1. The van der Waals surface area contributed by atoms with Gasteiger partial charge in [0, 0.05) is 17.8 Å². The van der Waals surface area contributed by atoms with E-state index in [1.165, 1.54) is 0 Å². The van der Waals surface area contributed by atoms with Crippen LogP contribution in [0.2, 0.25) is 0 Å². The van der Waals surface area contributed by atoms with E-state index in [1.54, 1.807) is 0 Å². The fourth-order valence-electron chi connectivity index (χ4n) is 12.4. The molecule has 0 spiro atoms. The molecule has 5 aliphatic carbocycles. The van der Waals surface area contributed by atoms with Crippen LogP contribution in [0.1, 0.15) is 73.6 Å². The summed E-state index contributed by atoms with van der Waals surface area (Å²) in [6.07, 6.45) is 2.74. The second-order valence-corrected chi connectivity index (χ2v) is 14.7. The lowest BCUT2D eigenvalue weighted by atomic mass is 9.54. The van der Waals surface area contributed by atoms with Crippen molar-refractivity contribution in [3.05, 3.63) is 11.1 Å². The van der Waals surface area contributed by atoms with Crippen molar-refractivity contribution in [1.29, 1.82) is 0 Å². The Labute approximate surface area is 218 Å². The summed E-state index contributed by atoms with van der Waals surface area (Å²) >= 11 is 0. The lowest BCUT2D eigenvalue weighted by Gasteiger charge is -2.53. The van der Waals surface area contributed by atoms with Gasteiger partial charge < -0.3 is 24.4 Å². The van der Waals surface area contributed by atoms with Crippen molar-refractivity contribution in [2.75, 3.05) is 0 Å². The van der Waals surface area contributed by atoms with Gasteiger partial charge in [-0.25, -0.2) is 0 Å². The lowest BCUT2D eigenvalue weighted by molar-refractivity contribution is -0.221. The van der Waals surface area contributed by atoms with Gasteiger partial charge in [0.15, 0.2) is 0 Å².